The molecule has 0 aliphatic heterocycles. The third kappa shape index (κ3) is 3.62. The highest BCUT2D eigenvalue weighted by atomic mass is 79.9. The molecule has 1 aromatic carbocycles. The molecule has 0 fully saturated rings. The van der Waals surface area contributed by atoms with E-state index in [-0.39, 0.29) is 12.2 Å². The van der Waals surface area contributed by atoms with Gasteiger partial charge in [-0.1, -0.05) is 23.2 Å². The van der Waals surface area contributed by atoms with E-state index in [0.29, 0.717) is 26.0 Å². The van der Waals surface area contributed by atoms with E-state index < -0.39 is 5.97 Å². The van der Waals surface area contributed by atoms with Crippen molar-refractivity contribution in [3.05, 3.63) is 56.2 Å². The van der Waals surface area contributed by atoms with Crippen molar-refractivity contribution in [2.75, 3.05) is 0 Å². The monoisotopic (exact) mass is 375 g/mol. The number of hydrogen-bond donors (Lipinski definition) is 1. The summed E-state index contributed by atoms with van der Waals surface area (Å²) in [4.78, 5) is 14.7. The maximum absolute atomic E-state index is 10.7. The molecule has 0 spiro atoms. The third-order valence-corrected chi connectivity index (χ3v) is 3.91. The number of aromatic carboxylic acids is 1. The first-order valence-electron chi connectivity index (χ1n) is 5.43. The zero-order chi connectivity index (χ0) is 14.7. The van der Waals surface area contributed by atoms with Gasteiger partial charge in [-0.3, -0.25) is 4.98 Å². The molecule has 0 radical (unpaired) electrons. The van der Waals surface area contributed by atoms with Crippen LogP contribution in [-0.4, -0.2) is 16.1 Å². The number of benzene rings is 1. The lowest BCUT2D eigenvalue weighted by molar-refractivity contribution is 0.0696. The first-order valence-corrected chi connectivity index (χ1v) is 6.98. The van der Waals surface area contributed by atoms with E-state index in [1.54, 1.807) is 18.2 Å². The average molecular weight is 377 g/mol. The van der Waals surface area contributed by atoms with Gasteiger partial charge in [-0.15, -0.1) is 0 Å². The van der Waals surface area contributed by atoms with Crippen molar-refractivity contribution in [2.45, 2.75) is 6.61 Å². The van der Waals surface area contributed by atoms with Crippen LogP contribution in [0.4, 0.5) is 0 Å². The number of hydrogen-bond acceptors (Lipinski definition) is 3. The molecule has 0 amide bonds. The largest absolute Gasteiger partial charge is 0.486 e. The molecular weight excluding hydrogens is 369 g/mol. The van der Waals surface area contributed by atoms with Crippen LogP contribution in [0.15, 0.2) is 34.9 Å². The number of aromatic nitrogens is 1. The Balaban J connectivity index is 2.09. The Morgan fingerprint density at radius 1 is 1.30 bits per heavy atom. The van der Waals surface area contributed by atoms with Crippen LogP contribution in [0.5, 0.6) is 5.75 Å². The lowest BCUT2D eigenvalue weighted by Gasteiger charge is -2.09. The van der Waals surface area contributed by atoms with Gasteiger partial charge < -0.3 is 9.84 Å². The number of carbonyl (C=O) groups is 1. The molecule has 7 heteroatoms. The number of ether oxygens (including phenoxy) is 1. The molecule has 2 aromatic rings. The highest BCUT2D eigenvalue weighted by molar-refractivity contribution is 9.10. The summed E-state index contributed by atoms with van der Waals surface area (Å²) >= 11 is 15.2. The quantitative estimate of drug-likeness (QED) is 0.802. The number of halogens is 3. The highest BCUT2D eigenvalue weighted by Crippen LogP contribution is 2.34. The molecule has 0 bridgehead atoms. The van der Waals surface area contributed by atoms with Gasteiger partial charge in [0.15, 0.2) is 0 Å². The highest BCUT2D eigenvalue weighted by Gasteiger charge is 2.08. The summed E-state index contributed by atoms with van der Waals surface area (Å²) in [6, 6.07) is 6.28. The van der Waals surface area contributed by atoms with E-state index >= 15 is 0 Å². The zero-order valence-electron chi connectivity index (χ0n) is 9.94. The van der Waals surface area contributed by atoms with Crippen molar-refractivity contribution in [3.8, 4) is 5.75 Å². The fraction of sp³-hybridized carbons (Fsp3) is 0.0769. The van der Waals surface area contributed by atoms with Crippen LogP contribution in [0, 0.1) is 0 Å². The summed E-state index contributed by atoms with van der Waals surface area (Å²) < 4.78 is 6.19. The van der Waals surface area contributed by atoms with Gasteiger partial charge in [0.1, 0.15) is 12.4 Å². The summed E-state index contributed by atoms with van der Waals surface area (Å²) in [5.74, 6) is -0.586. The standard InChI is InChI=1S/C13H8BrCl2NO3/c14-9-3-11(16)12(4-10(9)15)20-6-8-2-1-7(5-17-8)13(18)19/h1-5H,6H2,(H,18,19). The molecule has 0 unspecified atom stereocenters. The maximum Gasteiger partial charge on any atom is 0.337 e. The predicted octanol–water partition coefficient (Wildman–Crippen LogP) is 4.43. The van der Waals surface area contributed by atoms with Crippen LogP contribution < -0.4 is 4.74 Å². The van der Waals surface area contributed by atoms with E-state index in [2.05, 4.69) is 20.9 Å². The second kappa shape index (κ2) is 6.43. The molecule has 20 heavy (non-hydrogen) atoms. The van der Waals surface area contributed by atoms with Crippen molar-refractivity contribution in [1.29, 1.82) is 0 Å². The molecule has 104 valence electrons. The molecule has 0 aliphatic rings. The number of rotatable bonds is 4. The van der Waals surface area contributed by atoms with E-state index in [0.717, 1.165) is 0 Å². The topological polar surface area (TPSA) is 59.4 Å². The first kappa shape index (κ1) is 15.1. The van der Waals surface area contributed by atoms with Crippen LogP contribution in [0.1, 0.15) is 16.1 Å². The molecule has 0 aliphatic carbocycles. The van der Waals surface area contributed by atoms with Gasteiger partial charge in [0, 0.05) is 16.7 Å². The van der Waals surface area contributed by atoms with E-state index in [9.17, 15) is 4.79 Å². The van der Waals surface area contributed by atoms with Gasteiger partial charge in [0.05, 0.1) is 21.3 Å². The van der Waals surface area contributed by atoms with Crippen LogP contribution in [0.3, 0.4) is 0 Å². The summed E-state index contributed by atoms with van der Waals surface area (Å²) in [6.07, 6.45) is 1.27. The van der Waals surface area contributed by atoms with Crippen LogP contribution in [0.25, 0.3) is 0 Å². The van der Waals surface area contributed by atoms with Crippen molar-refractivity contribution >= 4 is 45.1 Å². The lowest BCUT2D eigenvalue weighted by Crippen LogP contribution is -2.02. The average Bonchev–Trinajstić information content (AvgIpc) is 2.42. The minimum atomic E-state index is -1.02. The summed E-state index contributed by atoms with van der Waals surface area (Å²) in [7, 11) is 0. The second-order valence-corrected chi connectivity index (χ2v) is 5.50. The Kier molecular flexibility index (Phi) is 4.86. The fourth-order valence-corrected chi connectivity index (χ4v) is 2.25. The molecule has 0 saturated heterocycles. The Hall–Kier alpha value is -1.30. The van der Waals surface area contributed by atoms with Gasteiger partial charge in [-0.2, -0.15) is 0 Å². The van der Waals surface area contributed by atoms with E-state index in [1.807, 2.05) is 0 Å². The van der Waals surface area contributed by atoms with E-state index in [4.69, 9.17) is 33.0 Å². The Labute approximate surface area is 133 Å². The number of carboxylic acid groups (broad SMARTS) is 1. The molecule has 1 aromatic heterocycles. The zero-order valence-corrected chi connectivity index (χ0v) is 13.0. The summed E-state index contributed by atoms with van der Waals surface area (Å²) in [5, 5.41) is 9.67. The minimum Gasteiger partial charge on any atom is -0.486 e. The van der Waals surface area contributed by atoms with Crippen molar-refractivity contribution < 1.29 is 14.6 Å². The van der Waals surface area contributed by atoms with Crippen LogP contribution >= 0.6 is 39.1 Å². The fourth-order valence-electron chi connectivity index (χ4n) is 1.40. The van der Waals surface area contributed by atoms with Gasteiger partial charge in [0.25, 0.3) is 0 Å². The molecule has 2 rings (SSSR count). The van der Waals surface area contributed by atoms with Gasteiger partial charge in [-0.25, -0.2) is 4.79 Å². The molecule has 4 nitrogen and oxygen atoms in total. The molecule has 0 atom stereocenters. The maximum atomic E-state index is 10.7. The Morgan fingerprint density at radius 3 is 2.65 bits per heavy atom. The summed E-state index contributed by atoms with van der Waals surface area (Å²) in [6.45, 7) is 0.164. The molecule has 1 heterocycles. The van der Waals surface area contributed by atoms with E-state index in [1.165, 1.54) is 12.3 Å². The summed E-state index contributed by atoms with van der Waals surface area (Å²) in [5.41, 5.74) is 0.712. The van der Waals surface area contributed by atoms with Crippen LogP contribution in [-0.2, 0) is 6.61 Å². The SMILES string of the molecule is O=C(O)c1ccc(COc2cc(Cl)c(Br)cc2Cl)nc1. The Bertz CT molecular complexity index is 647. The van der Waals surface area contributed by atoms with Gasteiger partial charge >= 0.3 is 5.97 Å². The first-order chi connectivity index (χ1) is 9.47. The normalized spacial score (nSPS) is 10.3. The molecule has 1 N–H and O–H groups in total. The molecular formula is C13H8BrCl2NO3. The number of nitrogens with zero attached hydrogens (tertiary/aromatic N) is 1. The minimum absolute atomic E-state index is 0.124. The number of pyridine rings is 1. The lowest BCUT2D eigenvalue weighted by atomic mass is 10.2. The van der Waals surface area contributed by atoms with Crippen molar-refractivity contribution in [2.24, 2.45) is 0 Å². The number of carboxylic acids is 1. The van der Waals surface area contributed by atoms with Crippen molar-refractivity contribution in [3.63, 3.8) is 0 Å². The predicted molar refractivity (Wildman–Crippen MR) is 79.7 cm³/mol. The van der Waals surface area contributed by atoms with Crippen LogP contribution in [0.2, 0.25) is 10.0 Å². The third-order valence-electron chi connectivity index (χ3n) is 2.42. The smallest absolute Gasteiger partial charge is 0.337 e. The van der Waals surface area contributed by atoms with Crippen molar-refractivity contribution in [1.82, 2.24) is 4.98 Å². The van der Waals surface area contributed by atoms with Gasteiger partial charge in [-0.05, 0) is 34.1 Å². The molecule has 0 saturated carbocycles. The van der Waals surface area contributed by atoms with Gasteiger partial charge in [0.2, 0.25) is 0 Å². The Morgan fingerprint density at radius 2 is 2.05 bits per heavy atom. The second-order valence-electron chi connectivity index (χ2n) is 3.83.